The Morgan fingerprint density at radius 2 is 2.30 bits per heavy atom. The van der Waals surface area contributed by atoms with E-state index in [0.717, 1.165) is 52.0 Å². The van der Waals surface area contributed by atoms with Crippen molar-refractivity contribution in [3.8, 4) is 0 Å². The van der Waals surface area contributed by atoms with Crippen molar-refractivity contribution in [2.45, 2.75) is 45.1 Å². The van der Waals surface area contributed by atoms with Gasteiger partial charge in [0.15, 0.2) is 0 Å². The Morgan fingerprint density at radius 1 is 1.50 bits per heavy atom. The minimum Gasteiger partial charge on any atom is -0.377 e. The van der Waals surface area contributed by atoms with E-state index in [1.807, 2.05) is 7.05 Å². The molecule has 0 aromatic rings. The molecule has 20 heavy (non-hydrogen) atoms. The molecule has 0 aliphatic carbocycles. The summed E-state index contributed by atoms with van der Waals surface area (Å²) in [6.45, 7) is 7.29. The van der Waals surface area contributed by atoms with Gasteiger partial charge in [-0.25, -0.2) is 0 Å². The van der Waals surface area contributed by atoms with Crippen LogP contribution in [0.15, 0.2) is 0 Å². The fraction of sp³-hybridized carbons (Fsp3) is 0.933. The molecule has 1 atom stereocenters. The van der Waals surface area contributed by atoms with Gasteiger partial charge in [0.1, 0.15) is 0 Å². The molecule has 1 unspecified atom stereocenters. The molecule has 1 rings (SSSR count). The van der Waals surface area contributed by atoms with Gasteiger partial charge < -0.3 is 20.3 Å². The first-order valence-corrected chi connectivity index (χ1v) is 7.95. The van der Waals surface area contributed by atoms with E-state index in [9.17, 15) is 4.79 Å². The lowest BCUT2D eigenvalue weighted by Gasteiger charge is -2.32. The molecule has 0 saturated carbocycles. The first-order valence-electron chi connectivity index (χ1n) is 7.95. The van der Waals surface area contributed by atoms with Crippen LogP contribution in [0.2, 0.25) is 0 Å². The highest BCUT2D eigenvalue weighted by Gasteiger charge is 2.21. The number of ether oxygens (including phenoxy) is 1. The predicted octanol–water partition coefficient (Wildman–Crippen LogP) is 1.07. The van der Waals surface area contributed by atoms with E-state index >= 15 is 0 Å². The lowest BCUT2D eigenvalue weighted by molar-refractivity contribution is -0.130. The van der Waals surface area contributed by atoms with E-state index < -0.39 is 0 Å². The van der Waals surface area contributed by atoms with Crippen LogP contribution in [0.25, 0.3) is 0 Å². The first-order chi connectivity index (χ1) is 9.67. The molecule has 1 heterocycles. The summed E-state index contributed by atoms with van der Waals surface area (Å²) in [7, 11) is 1.86. The van der Waals surface area contributed by atoms with Crippen LogP contribution < -0.4 is 5.73 Å². The maximum absolute atomic E-state index is 12.0. The zero-order valence-corrected chi connectivity index (χ0v) is 13.1. The normalized spacial score (nSPS) is 20.1. The van der Waals surface area contributed by atoms with E-state index in [0.29, 0.717) is 19.1 Å². The molecular formula is C15H31N3O2. The number of nitrogens with two attached hydrogens (primary N) is 1. The number of carbonyl (C=O) groups is 1. The summed E-state index contributed by atoms with van der Waals surface area (Å²) in [5, 5.41) is 0. The van der Waals surface area contributed by atoms with Gasteiger partial charge >= 0.3 is 0 Å². The standard InChI is InChI=1S/C15H31N3O2/c1-3-12-20-14-6-4-10-18(13-14)11-7-15(19)17(2)9-5-8-16/h14H,3-13,16H2,1-2H3. The summed E-state index contributed by atoms with van der Waals surface area (Å²) in [5.41, 5.74) is 5.46. The lowest BCUT2D eigenvalue weighted by atomic mass is 10.1. The summed E-state index contributed by atoms with van der Waals surface area (Å²) in [6.07, 6.45) is 5.22. The summed E-state index contributed by atoms with van der Waals surface area (Å²) in [4.78, 5) is 16.1. The molecule has 1 aliphatic heterocycles. The minimum absolute atomic E-state index is 0.218. The molecule has 5 heteroatoms. The predicted molar refractivity (Wildman–Crippen MR) is 81.6 cm³/mol. The fourth-order valence-electron chi connectivity index (χ4n) is 2.53. The van der Waals surface area contributed by atoms with Crippen molar-refractivity contribution in [1.82, 2.24) is 9.80 Å². The first kappa shape index (κ1) is 17.4. The summed E-state index contributed by atoms with van der Waals surface area (Å²) in [5.74, 6) is 0.218. The molecule has 0 aromatic carbocycles. The van der Waals surface area contributed by atoms with Crippen molar-refractivity contribution in [2.24, 2.45) is 5.73 Å². The van der Waals surface area contributed by atoms with Gasteiger partial charge in [-0.1, -0.05) is 6.92 Å². The van der Waals surface area contributed by atoms with Crippen molar-refractivity contribution in [1.29, 1.82) is 0 Å². The monoisotopic (exact) mass is 285 g/mol. The zero-order valence-electron chi connectivity index (χ0n) is 13.1. The number of carbonyl (C=O) groups excluding carboxylic acids is 1. The molecule has 0 radical (unpaired) electrons. The minimum atomic E-state index is 0.218. The van der Waals surface area contributed by atoms with E-state index in [1.165, 1.54) is 6.42 Å². The maximum atomic E-state index is 12.0. The molecule has 1 amide bonds. The smallest absolute Gasteiger partial charge is 0.223 e. The Hall–Kier alpha value is -0.650. The molecule has 1 aliphatic rings. The molecule has 2 N–H and O–H groups in total. The van der Waals surface area contributed by atoms with E-state index in [1.54, 1.807) is 4.90 Å². The van der Waals surface area contributed by atoms with Crippen molar-refractivity contribution in [3.05, 3.63) is 0 Å². The Balaban J connectivity index is 2.21. The fourth-order valence-corrected chi connectivity index (χ4v) is 2.53. The average molecular weight is 285 g/mol. The molecular weight excluding hydrogens is 254 g/mol. The van der Waals surface area contributed by atoms with E-state index in [2.05, 4.69) is 11.8 Å². The van der Waals surface area contributed by atoms with Crippen molar-refractivity contribution in [3.63, 3.8) is 0 Å². The molecule has 1 fully saturated rings. The van der Waals surface area contributed by atoms with Gasteiger partial charge in [-0.15, -0.1) is 0 Å². The van der Waals surface area contributed by atoms with Gasteiger partial charge in [0, 0.05) is 39.7 Å². The Labute approximate surface area is 123 Å². The highest BCUT2D eigenvalue weighted by Crippen LogP contribution is 2.14. The number of nitrogens with zero attached hydrogens (tertiary/aromatic N) is 2. The van der Waals surface area contributed by atoms with Gasteiger partial charge in [0.25, 0.3) is 0 Å². The van der Waals surface area contributed by atoms with E-state index in [-0.39, 0.29) is 5.91 Å². The molecule has 0 aromatic heterocycles. The van der Waals surface area contributed by atoms with Crippen molar-refractivity contribution < 1.29 is 9.53 Å². The highest BCUT2D eigenvalue weighted by molar-refractivity contribution is 5.76. The van der Waals surface area contributed by atoms with Crippen LogP contribution in [0, 0.1) is 0 Å². The van der Waals surface area contributed by atoms with Gasteiger partial charge in [-0.05, 0) is 38.8 Å². The number of hydrogen-bond acceptors (Lipinski definition) is 4. The molecule has 0 bridgehead atoms. The van der Waals surface area contributed by atoms with Crippen LogP contribution in [0.3, 0.4) is 0 Å². The third-order valence-corrected chi connectivity index (χ3v) is 3.79. The maximum Gasteiger partial charge on any atom is 0.223 e. The molecule has 0 spiro atoms. The number of hydrogen-bond donors (Lipinski definition) is 1. The van der Waals surface area contributed by atoms with Crippen LogP contribution in [-0.4, -0.2) is 68.2 Å². The average Bonchev–Trinajstić information content (AvgIpc) is 2.48. The molecule has 5 nitrogen and oxygen atoms in total. The number of piperidine rings is 1. The van der Waals surface area contributed by atoms with Crippen LogP contribution in [0.5, 0.6) is 0 Å². The quantitative estimate of drug-likeness (QED) is 0.688. The van der Waals surface area contributed by atoms with Crippen molar-refractivity contribution >= 4 is 5.91 Å². The molecule has 1 saturated heterocycles. The number of amides is 1. The molecule has 118 valence electrons. The van der Waals surface area contributed by atoms with Crippen LogP contribution in [0.4, 0.5) is 0 Å². The Bertz CT molecular complexity index is 274. The lowest BCUT2D eigenvalue weighted by Crippen LogP contribution is -2.41. The van der Waals surface area contributed by atoms with Gasteiger partial charge in [0.2, 0.25) is 5.91 Å². The number of rotatable bonds is 9. The topological polar surface area (TPSA) is 58.8 Å². The largest absolute Gasteiger partial charge is 0.377 e. The number of likely N-dealkylation sites (tertiary alicyclic amines) is 1. The van der Waals surface area contributed by atoms with E-state index in [4.69, 9.17) is 10.5 Å². The van der Waals surface area contributed by atoms with Gasteiger partial charge in [0.05, 0.1) is 6.10 Å². The van der Waals surface area contributed by atoms with Gasteiger partial charge in [-0.2, -0.15) is 0 Å². The second-order valence-electron chi connectivity index (χ2n) is 5.64. The Morgan fingerprint density at radius 3 is 3.00 bits per heavy atom. The van der Waals surface area contributed by atoms with Crippen LogP contribution in [-0.2, 0) is 9.53 Å². The van der Waals surface area contributed by atoms with Gasteiger partial charge in [-0.3, -0.25) is 4.79 Å². The SMILES string of the molecule is CCCOC1CCCN(CCC(=O)N(C)CCCN)C1. The second-order valence-corrected chi connectivity index (χ2v) is 5.64. The summed E-state index contributed by atoms with van der Waals surface area (Å²) < 4.78 is 5.82. The van der Waals surface area contributed by atoms with Crippen LogP contribution in [0.1, 0.15) is 39.0 Å². The third kappa shape index (κ3) is 6.68. The van der Waals surface area contributed by atoms with Crippen molar-refractivity contribution in [2.75, 3.05) is 46.4 Å². The third-order valence-electron chi connectivity index (χ3n) is 3.79. The second kappa shape index (κ2) is 10.1. The Kier molecular flexibility index (Phi) is 8.82. The van der Waals surface area contributed by atoms with Crippen LogP contribution >= 0.6 is 0 Å². The summed E-state index contributed by atoms with van der Waals surface area (Å²) >= 11 is 0. The zero-order chi connectivity index (χ0) is 14.8. The summed E-state index contributed by atoms with van der Waals surface area (Å²) in [6, 6.07) is 0. The highest BCUT2D eigenvalue weighted by atomic mass is 16.5.